The van der Waals surface area contributed by atoms with Gasteiger partial charge in [0.2, 0.25) is 5.72 Å². The van der Waals surface area contributed by atoms with E-state index in [0.717, 1.165) is 19.1 Å². The number of allylic oxidation sites excluding steroid dienone is 1. The topological polar surface area (TPSA) is 122 Å². The molecule has 2 N–H and O–H groups in total. The van der Waals surface area contributed by atoms with Crippen LogP contribution in [0.1, 0.15) is 13.8 Å². The molecule has 3 unspecified atom stereocenters. The normalized spacial score (nSPS) is 28.1. The monoisotopic (exact) mass is 422 g/mol. The molecule has 1 aromatic carbocycles. The first-order chi connectivity index (χ1) is 13.6. The van der Waals surface area contributed by atoms with E-state index in [2.05, 4.69) is 5.32 Å². The summed E-state index contributed by atoms with van der Waals surface area (Å²) >= 11 is 5.93. The lowest BCUT2D eigenvalue weighted by Gasteiger charge is -2.43. The number of carbonyl (C=O) groups is 4. The maximum atomic E-state index is 13.4. The molecule has 2 heterocycles. The van der Waals surface area contributed by atoms with Crippen molar-refractivity contribution in [1.82, 2.24) is 5.32 Å². The zero-order valence-electron chi connectivity index (χ0n) is 16.1. The Morgan fingerprint density at radius 3 is 2.24 bits per heavy atom. The molecule has 1 amide bonds. The van der Waals surface area contributed by atoms with E-state index in [9.17, 15) is 24.3 Å². The number of hydrogen-bond donors (Lipinski definition) is 2. The molecular weight excluding hydrogens is 404 g/mol. The van der Waals surface area contributed by atoms with E-state index < -0.39 is 40.8 Å². The molecule has 3 rings (SSSR count). The second kappa shape index (κ2) is 6.85. The van der Waals surface area contributed by atoms with E-state index in [-0.39, 0.29) is 17.0 Å². The number of methoxy groups -OCH3 is 2. The van der Waals surface area contributed by atoms with Gasteiger partial charge in [-0.25, -0.2) is 4.79 Å². The van der Waals surface area contributed by atoms with Crippen molar-refractivity contribution < 1.29 is 33.8 Å². The molecule has 1 fully saturated rings. The summed E-state index contributed by atoms with van der Waals surface area (Å²) in [6.07, 6.45) is 0. The third kappa shape index (κ3) is 2.57. The Bertz CT molecular complexity index is 958. The van der Waals surface area contributed by atoms with Gasteiger partial charge in [0.05, 0.1) is 19.8 Å². The van der Waals surface area contributed by atoms with Gasteiger partial charge >= 0.3 is 11.9 Å². The molecule has 3 atom stereocenters. The minimum absolute atomic E-state index is 0.0652. The van der Waals surface area contributed by atoms with E-state index in [4.69, 9.17) is 21.1 Å². The highest BCUT2D eigenvalue weighted by Gasteiger charge is 2.78. The maximum absolute atomic E-state index is 13.4. The molecule has 9 nitrogen and oxygen atoms in total. The smallest absolute Gasteiger partial charge is 0.338 e. The number of hydrogen-bond acceptors (Lipinski definition) is 8. The number of amides is 1. The predicted octanol–water partition coefficient (Wildman–Crippen LogP) is 0.542. The molecule has 0 aromatic heterocycles. The molecule has 154 valence electrons. The van der Waals surface area contributed by atoms with Crippen molar-refractivity contribution in [2.24, 2.45) is 5.92 Å². The van der Waals surface area contributed by atoms with Crippen molar-refractivity contribution >= 4 is 40.9 Å². The molecular formula is C19H19ClN2O7. The molecule has 0 spiro atoms. The lowest BCUT2D eigenvalue weighted by molar-refractivity contribution is -0.169. The molecule has 0 aliphatic carbocycles. The van der Waals surface area contributed by atoms with Gasteiger partial charge in [-0.1, -0.05) is 11.6 Å². The van der Waals surface area contributed by atoms with Crippen LogP contribution in [-0.4, -0.2) is 54.2 Å². The van der Waals surface area contributed by atoms with Crippen LogP contribution in [0.15, 0.2) is 35.5 Å². The van der Waals surface area contributed by atoms with Crippen molar-refractivity contribution in [2.45, 2.75) is 25.1 Å². The highest BCUT2D eigenvalue weighted by atomic mass is 35.5. The number of Topliss-reactive ketones (excluding diaryl/α,β-unsaturated/α-hetero) is 1. The molecule has 1 aromatic rings. The van der Waals surface area contributed by atoms with Crippen LogP contribution in [0.2, 0.25) is 5.02 Å². The molecule has 29 heavy (non-hydrogen) atoms. The van der Waals surface area contributed by atoms with Gasteiger partial charge in [-0.2, -0.15) is 0 Å². The second-order valence-corrected chi connectivity index (χ2v) is 7.22. The number of fused-ring (bicyclic) bond motifs is 2. The van der Waals surface area contributed by atoms with E-state index in [1.54, 1.807) is 0 Å². The molecule has 0 saturated carbocycles. The van der Waals surface area contributed by atoms with E-state index in [0.29, 0.717) is 5.02 Å². The van der Waals surface area contributed by atoms with E-state index in [1.165, 1.54) is 38.1 Å². The van der Waals surface area contributed by atoms with Gasteiger partial charge in [0, 0.05) is 16.4 Å². The van der Waals surface area contributed by atoms with Crippen LogP contribution >= 0.6 is 11.6 Å². The summed E-state index contributed by atoms with van der Waals surface area (Å²) in [6, 6.07) is 5.78. The van der Waals surface area contributed by atoms with Crippen LogP contribution in [0.4, 0.5) is 5.69 Å². The predicted molar refractivity (Wildman–Crippen MR) is 101 cm³/mol. The number of carbonyl (C=O) groups excluding carboxylic acids is 4. The highest BCUT2D eigenvalue weighted by Crippen LogP contribution is 2.53. The lowest BCUT2D eigenvalue weighted by atomic mass is 9.70. The molecule has 10 heteroatoms. The van der Waals surface area contributed by atoms with Gasteiger partial charge in [0.1, 0.15) is 0 Å². The third-order valence-electron chi connectivity index (χ3n) is 5.22. The Hall–Kier alpha value is -2.91. The number of halogens is 1. The van der Waals surface area contributed by atoms with Crippen molar-refractivity contribution in [1.29, 1.82) is 0 Å². The van der Waals surface area contributed by atoms with Gasteiger partial charge in [0.15, 0.2) is 17.2 Å². The zero-order chi connectivity index (χ0) is 21.7. The number of rotatable bonds is 4. The number of anilines is 1. The van der Waals surface area contributed by atoms with Crippen molar-refractivity contribution in [3.05, 3.63) is 40.6 Å². The number of benzene rings is 1. The Morgan fingerprint density at radius 2 is 1.76 bits per heavy atom. The van der Waals surface area contributed by atoms with Crippen molar-refractivity contribution in [3.8, 4) is 0 Å². The van der Waals surface area contributed by atoms with Crippen LogP contribution in [0, 0.1) is 5.92 Å². The van der Waals surface area contributed by atoms with Crippen LogP contribution < -0.4 is 10.2 Å². The van der Waals surface area contributed by atoms with Crippen LogP contribution in [0.3, 0.4) is 0 Å². The average Bonchev–Trinajstić information content (AvgIpc) is 2.81. The zero-order valence-corrected chi connectivity index (χ0v) is 16.9. The van der Waals surface area contributed by atoms with Crippen LogP contribution in [0.25, 0.3) is 0 Å². The fraction of sp³-hybridized carbons (Fsp3) is 0.368. The highest BCUT2D eigenvalue weighted by molar-refractivity contribution is 6.30. The molecule has 2 aliphatic heterocycles. The van der Waals surface area contributed by atoms with Gasteiger partial charge in [-0.05, 0) is 38.1 Å². The summed E-state index contributed by atoms with van der Waals surface area (Å²) in [5, 5.41) is 14.1. The van der Waals surface area contributed by atoms with Crippen LogP contribution in [-0.2, 0) is 28.7 Å². The number of nitrogens with zero attached hydrogens (tertiary/aromatic N) is 1. The largest absolute Gasteiger partial charge is 0.469 e. The number of ketones is 1. The van der Waals surface area contributed by atoms with E-state index in [1.807, 2.05) is 0 Å². The standard InChI is InChI=1S/C19H19ClN2O7/c1-9-13(10(2)23)18(17(26)29-4)14(15(24)28-3)19(27,21-9)16(25)22(18)12-7-5-11(20)6-8-12/h5-8,14,21,27H,1-4H3. The summed E-state index contributed by atoms with van der Waals surface area (Å²) in [6.45, 7) is 2.61. The third-order valence-corrected chi connectivity index (χ3v) is 5.47. The lowest BCUT2D eigenvalue weighted by Crippen LogP contribution is -2.67. The average molecular weight is 423 g/mol. The number of nitrogens with one attached hydrogen (secondary N) is 1. The van der Waals surface area contributed by atoms with Crippen molar-refractivity contribution in [2.75, 3.05) is 19.1 Å². The van der Waals surface area contributed by atoms with Gasteiger partial charge in [-0.15, -0.1) is 0 Å². The summed E-state index contributed by atoms with van der Waals surface area (Å²) in [5.74, 6) is -5.56. The van der Waals surface area contributed by atoms with Gasteiger partial charge < -0.3 is 19.9 Å². The SMILES string of the molecule is COC(=O)C1C2(O)NC(C)=C(C(C)=O)C1(C(=O)OC)N(c1ccc(Cl)cc1)C2=O. The Labute approximate surface area is 171 Å². The molecule has 1 saturated heterocycles. The Kier molecular flexibility index (Phi) is 4.92. The molecule has 2 aliphatic rings. The number of ether oxygens (including phenoxy) is 2. The summed E-state index contributed by atoms with van der Waals surface area (Å²) < 4.78 is 9.73. The van der Waals surface area contributed by atoms with Gasteiger partial charge in [0.25, 0.3) is 5.91 Å². The first-order valence-electron chi connectivity index (χ1n) is 8.56. The molecule has 2 bridgehead atoms. The fourth-order valence-corrected chi connectivity index (χ4v) is 4.40. The Morgan fingerprint density at radius 1 is 1.17 bits per heavy atom. The number of aliphatic hydroxyl groups is 1. The minimum atomic E-state index is -2.54. The van der Waals surface area contributed by atoms with Gasteiger partial charge in [-0.3, -0.25) is 19.3 Å². The summed E-state index contributed by atoms with van der Waals surface area (Å²) in [7, 11) is 2.11. The Balaban J connectivity index is 2.47. The molecule has 0 radical (unpaired) electrons. The summed E-state index contributed by atoms with van der Waals surface area (Å²) in [4.78, 5) is 52.9. The van der Waals surface area contributed by atoms with E-state index >= 15 is 0 Å². The first kappa shape index (κ1) is 20.8. The van der Waals surface area contributed by atoms with Crippen molar-refractivity contribution in [3.63, 3.8) is 0 Å². The number of esters is 2. The second-order valence-electron chi connectivity index (χ2n) is 6.78. The van der Waals surface area contributed by atoms with Crippen LogP contribution in [0.5, 0.6) is 0 Å². The summed E-state index contributed by atoms with van der Waals surface area (Å²) in [5.41, 5.74) is -4.81. The fourth-order valence-electron chi connectivity index (χ4n) is 4.27. The quantitative estimate of drug-likeness (QED) is 0.674. The minimum Gasteiger partial charge on any atom is -0.469 e. The first-order valence-corrected chi connectivity index (χ1v) is 8.94. The maximum Gasteiger partial charge on any atom is 0.338 e.